The lowest BCUT2D eigenvalue weighted by molar-refractivity contribution is 0.311. The van der Waals surface area contributed by atoms with Crippen molar-refractivity contribution in [2.75, 3.05) is 47.8 Å². The summed E-state index contributed by atoms with van der Waals surface area (Å²) in [4.78, 5) is 4.60. The van der Waals surface area contributed by atoms with Gasteiger partial charge in [-0.25, -0.2) is 8.42 Å². The van der Waals surface area contributed by atoms with Gasteiger partial charge >= 0.3 is 0 Å². The minimum Gasteiger partial charge on any atom is -0.490 e. The zero-order valence-electron chi connectivity index (χ0n) is 16.4. The van der Waals surface area contributed by atoms with E-state index in [2.05, 4.69) is 16.5 Å². The molecule has 1 fully saturated rings. The minimum atomic E-state index is -3.66. The highest BCUT2D eigenvalue weighted by Crippen LogP contribution is 2.33. The van der Waals surface area contributed by atoms with Crippen molar-refractivity contribution in [2.24, 2.45) is 5.92 Å². The smallest absolute Gasteiger partial charge is 0.261 e. The third-order valence-corrected chi connectivity index (χ3v) is 6.98. The van der Waals surface area contributed by atoms with Crippen LogP contribution in [0.4, 0.5) is 17.1 Å². The maximum absolute atomic E-state index is 12.8. The minimum absolute atomic E-state index is 0.234. The summed E-state index contributed by atoms with van der Waals surface area (Å²) in [6.07, 6.45) is 2.40. The Balaban J connectivity index is 1.49. The van der Waals surface area contributed by atoms with Crippen LogP contribution in [-0.2, 0) is 10.0 Å². The van der Waals surface area contributed by atoms with E-state index in [4.69, 9.17) is 4.74 Å². The molecule has 0 bridgehead atoms. The molecule has 7 heteroatoms. The Hall–Kier alpha value is -2.41. The van der Waals surface area contributed by atoms with Gasteiger partial charge in [0, 0.05) is 31.5 Å². The maximum Gasteiger partial charge on any atom is 0.261 e. The summed E-state index contributed by atoms with van der Waals surface area (Å²) in [6, 6.07) is 12.6. The number of piperidine rings is 1. The van der Waals surface area contributed by atoms with Gasteiger partial charge in [0.1, 0.15) is 12.4 Å². The summed E-state index contributed by atoms with van der Waals surface area (Å²) in [5.41, 5.74) is 2.50. The highest BCUT2D eigenvalue weighted by atomic mass is 32.2. The molecule has 28 heavy (non-hydrogen) atoms. The molecule has 2 aromatic rings. The quantitative estimate of drug-likeness (QED) is 0.849. The van der Waals surface area contributed by atoms with E-state index in [9.17, 15) is 8.42 Å². The largest absolute Gasteiger partial charge is 0.490 e. The lowest BCUT2D eigenvalue weighted by atomic mass is 9.99. The molecule has 4 rings (SSSR count). The Bertz CT molecular complexity index is 936. The third kappa shape index (κ3) is 3.90. The molecule has 0 aliphatic carbocycles. The van der Waals surface area contributed by atoms with Crippen LogP contribution in [0.2, 0.25) is 0 Å². The van der Waals surface area contributed by atoms with Crippen molar-refractivity contribution in [1.29, 1.82) is 0 Å². The molecule has 0 atom stereocenters. The molecule has 0 saturated carbocycles. The molecule has 0 unspecified atom stereocenters. The summed E-state index contributed by atoms with van der Waals surface area (Å²) in [7, 11) is -1.73. The van der Waals surface area contributed by atoms with E-state index in [1.165, 1.54) is 12.8 Å². The molecule has 0 radical (unpaired) electrons. The molecule has 150 valence electrons. The Kier molecular flexibility index (Phi) is 5.10. The van der Waals surface area contributed by atoms with Crippen molar-refractivity contribution in [3.63, 3.8) is 0 Å². The average molecular weight is 402 g/mol. The van der Waals surface area contributed by atoms with Crippen LogP contribution < -0.4 is 19.3 Å². The predicted octanol–water partition coefficient (Wildman–Crippen LogP) is 3.55. The predicted molar refractivity (Wildman–Crippen MR) is 113 cm³/mol. The van der Waals surface area contributed by atoms with Crippen LogP contribution in [0.1, 0.15) is 19.8 Å². The molecule has 2 heterocycles. The van der Waals surface area contributed by atoms with Crippen molar-refractivity contribution < 1.29 is 13.2 Å². The van der Waals surface area contributed by atoms with Gasteiger partial charge in [0.25, 0.3) is 10.0 Å². The molecule has 0 spiro atoms. The highest BCUT2D eigenvalue weighted by molar-refractivity contribution is 7.92. The number of hydrogen-bond acceptors (Lipinski definition) is 5. The Morgan fingerprint density at radius 3 is 2.46 bits per heavy atom. The van der Waals surface area contributed by atoms with E-state index in [1.54, 1.807) is 18.2 Å². The number of ether oxygens (including phenoxy) is 1. The van der Waals surface area contributed by atoms with E-state index in [1.807, 2.05) is 36.2 Å². The van der Waals surface area contributed by atoms with Gasteiger partial charge in [-0.2, -0.15) is 0 Å². The van der Waals surface area contributed by atoms with Crippen LogP contribution in [-0.4, -0.2) is 41.7 Å². The summed E-state index contributed by atoms with van der Waals surface area (Å²) in [5, 5.41) is 0. The molecule has 1 N–H and O–H groups in total. The van der Waals surface area contributed by atoms with Crippen LogP contribution in [0.5, 0.6) is 5.75 Å². The first-order chi connectivity index (χ1) is 13.4. The molecule has 0 aromatic heterocycles. The average Bonchev–Trinajstić information content (AvgIpc) is 2.69. The number of nitrogens with one attached hydrogen (secondary N) is 1. The normalized spacial score (nSPS) is 17.8. The lowest BCUT2D eigenvalue weighted by Gasteiger charge is -2.32. The van der Waals surface area contributed by atoms with Gasteiger partial charge in [0.15, 0.2) is 0 Å². The first-order valence-electron chi connectivity index (χ1n) is 9.78. The standard InChI is InChI=1S/C21H27N3O3S/c1-16-9-11-24(12-10-16)18-5-3-17(4-6-18)22-28(25,26)19-7-8-21-20(15-19)23(2)13-14-27-21/h3-8,15-16,22H,9-14H2,1-2H3. The SMILES string of the molecule is CC1CCN(c2ccc(NS(=O)(=O)c3ccc4c(c3)N(C)CCO4)cc2)CC1. The number of benzene rings is 2. The first kappa shape index (κ1) is 18.9. The number of fused-ring (bicyclic) bond motifs is 1. The van der Waals surface area contributed by atoms with Crippen molar-refractivity contribution in [2.45, 2.75) is 24.7 Å². The van der Waals surface area contributed by atoms with Gasteiger partial charge in [-0.15, -0.1) is 0 Å². The summed E-state index contributed by atoms with van der Waals surface area (Å²) >= 11 is 0. The topological polar surface area (TPSA) is 61.9 Å². The zero-order valence-corrected chi connectivity index (χ0v) is 17.2. The van der Waals surface area contributed by atoms with E-state index in [0.717, 1.165) is 36.9 Å². The number of anilines is 3. The first-order valence-corrected chi connectivity index (χ1v) is 11.3. The fraction of sp³-hybridized carbons (Fsp3) is 0.429. The third-order valence-electron chi connectivity index (χ3n) is 5.60. The molecule has 2 aliphatic heterocycles. The molecular formula is C21H27N3O3S. The Labute approximate surface area is 167 Å². The van der Waals surface area contributed by atoms with Gasteiger partial charge in [0.2, 0.25) is 0 Å². The van der Waals surface area contributed by atoms with Gasteiger partial charge < -0.3 is 14.5 Å². The molecule has 2 aromatic carbocycles. The summed E-state index contributed by atoms with van der Waals surface area (Å²) < 4.78 is 34.0. The Morgan fingerprint density at radius 2 is 1.75 bits per heavy atom. The molecule has 1 saturated heterocycles. The monoisotopic (exact) mass is 401 g/mol. The van der Waals surface area contributed by atoms with Gasteiger partial charge in [0.05, 0.1) is 17.1 Å². The number of nitrogens with zero attached hydrogens (tertiary/aromatic N) is 2. The van der Waals surface area contributed by atoms with Crippen LogP contribution in [0.25, 0.3) is 0 Å². The second kappa shape index (κ2) is 7.54. The lowest BCUT2D eigenvalue weighted by Crippen LogP contribution is -2.32. The van der Waals surface area contributed by atoms with E-state index < -0.39 is 10.0 Å². The van der Waals surface area contributed by atoms with Gasteiger partial charge in [-0.1, -0.05) is 6.92 Å². The fourth-order valence-corrected chi connectivity index (χ4v) is 4.80. The summed E-state index contributed by atoms with van der Waals surface area (Å²) in [6.45, 7) is 5.74. The fourth-order valence-electron chi connectivity index (χ4n) is 3.72. The van der Waals surface area contributed by atoms with E-state index >= 15 is 0 Å². The van der Waals surface area contributed by atoms with Crippen LogP contribution >= 0.6 is 0 Å². The van der Waals surface area contributed by atoms with Gasteiger partial charge in [-0.3, -0.25) is 4.72 Å². The number of rotatable bonds is 4. The van der Waals surface area contributed by atoms with Crippen LogP contribution in [0.15, 0.2) is 47.4 Å². The second-order valence-corrected chi connectivity index (χ2v) is 9.40. The van der Waals surface area contributed by atoms with Crippen molar-refractivity contribution in [1.82, 2.24) is 0 Å². The zero-order chi connectivity index (χ0) is 19.7. The molecule has 2 aliphatic rings. The molecule has 0 amide bonds. The summed E-state index contributed by atoms with van der Waals surface area (Å²) in [5.74, 6) is 1.50. The number of likely N-dealkylation sites (N-methyl/N-ethyl adjacent to an activating group) is 1. The molecular weight excluding hydrogens is 374 g/mol. The van der Waals surface area contributed by atoms with Crippen molar-refractivity contribution in [3.05, 3.63) is 42.5 Å². The van der Waals surface area contributed by atoms with E-state index in [-0.39, 0.29) is 4.90 Å². The second-order valence-electron chi connectivity index (χ2n) is 7.72. The maximum atomic E-state index is 12.8. The highest BCUT2D eigenvalue weighted by Gasteiger charge is 2.21. The van der Waals surface area contributed by atoms with Gasteiger partial charge in [-0.05, 0) is 61.2 Å². The van der Waals surface area contributed by atoms with Crippen LogP contribution in [0, 0.1) is 5.92 Å². The Morgan fingerprint density at radius 1 is 1.04 bits per heavy atom. The van der Waals surface area contributed by atoms with E-state index in [0.29, 0.717) is 18.0 Å². The van der Waals surface area contributed by atoms with Crippen molar-refractivity contribution >= 4 is 27.1 Å². The van der Waals surface area contributed by atoms with Crippen LogP contribution in [0.3, 0.4) is 0 Å². The number of hydrogen-bond donors (Lipinski definition) is 1. The number of sulfonamides is 1. The molecule has 6 nitrogen and oxygen atoms in total. The van der Waals surface area contributed by atoms with Crippen molar-refractivity contribution in [3.8, 4) is 5.75 Å².